The maximum atomic E-state index is 12.8. The summed E-state index contributed by atoms with van der Waals surface area (Å²) in [5.41, 5.74) is 1.00. The summed E-state index contributed by atoms with van der Waals surface area (Å²) < 4.78 is 11.0. The van der Waals surface area contributed by atoms with Crippen LogP contribution >= 0.6 is 23.2 Å². The first-order chi connectivity index (χ1) is 13.9. The van der Waals surface area contributed by atoms with E-state index in [-0.39, 0.29) is 17.3 Å². The molecule has 3 amide bonds. The summed E-state index contributed by atoms with van der Waals surface area (Å²) in [6, 6.07) is 9.12. The molecule has 8 heteroatoms. The first kappa shape index (κ1) is 20.6. The van der Waals surface area contributed by atoms with E-state index < -0.39 is 11.9 Å². The number of anilines is 1. The molecule has 1 N–H and O–H groups in total. The van der Waals surface area contributed by atoms with E-state index in [9.17, 15) is 9.59 Å². The van der Waals surface area contributed by atoms with Crippen molar-refractivity contribution in [2.45, 2.75) is 6.92 Å². The van der Waals surface area contributed by atoms with E-state index >= 15 is 0 Å². The quantitative estimate of drug-likeness (QED) is 0.416. The zero-order chi connectivity index (χ0) is 21.0. The highest BCUT2D eigenvalue weighted by atomic mass is 35.5. The number of ether oxygens (including phenoxy) is 2. The van der Waals surface area contributed by atoms with Crippen molar-refractivity contribution in [2.24, 2.45) is 0 Å². The van der Waals surface area contributed by atoms with Crippen LogP contribution in [-0.4, -0.2) is 25.2 Å². The molecule has 148 valence electrons. The molecule has 3 rings (SSSR count). The second kappa shape index (κ2) is 8.91. The van der Waals surface area contributed by atoms with Gasteiger partial charge in [-0.3, -0.25) is 4.79 Å². The molecule has 0 unspecified atom stereocenters. The largest absolute Gasteiger partial charge is 0.490 e. The van der Waals surface area contributed by atoms with Crippen molar-refractivity contribution in [1.82, 2.24) is 5.32 Å². The number of hydrogen-bond acceptors (Lipinski definition) is 4. The van der Waals surface area contributed by atoms with E-state index in [4.69, 9.17) is 39.1 Å². The van der Waals surface area contributed by atoms with Crippen molar-refractivity contribution in [2.75, 3.05) is 18.1 Å². The third-order valence-corrected chi connectivity index (χ3v) is 4.40. The topological polar surface area (TPSA) is 67.9 Å². The summed E-state index contributed by atoms with van der Waals surface area (Å²) in [6.45, 7) is 2.22. The maximum absolute atomic E-state index is 12.8. The van der Waals surface area contributed by atoms with E-state index in [1.807, 2.05) is 6.92 Å². The maximum Gasteiger partial charge on any atom is 0.333 e. The standard InChI is InChI=1S/C21H16Cl2N2O4/c1-3-8-29-19-16(23)9-13(11-18(19)28-4-2)10-17-20(26)25(21(27)24-17)15-7-5-6-14(22)12-15/h1,5-7,9-12H,4,8H2,2H3,(H,24,27)/b17-10+. The number of carbonyl (C=O) groups excluding carboxylic acids is 2. The smallest absolute Gasteiger partial charge is 0.333 e. The predicted molar refractivity (Wildman–Crippen MR) is 112 cm³/mol. The van der Waals surface area contributed by atoms with Crippen molar-refractivity contribution in [1.29, 1.82) is 0 Å². The Kier molecular flexibility index (Phi) is 6.32. The van der Waals surface area contributed by atoms with Crippen LogP contribution in [0.15, 0.2) is 42.1 Å². The van der Waals surface area contributed by atoms with Crippen molar-refractivity contribution in [3.63, 3.8) is 0 Å². The van der Waals surface area contributed by atoms with Gasteiger partial charge < -0.3 is 14.8 Å². The lowest BCUT2D eigenvalue weighted by Crippen LogP contribution is -2.30. The molecule has 6 nitrogen and oxygen atoms in total. The minimum atomic E-state index is -0.575. The second-order valence-electron chi connectivity index (χ2n) is 5.86. The fourth-order valence-electron chi connectivity index (χ4n) is 2.74. The van der Waals surface area contributed by atoms with Gasteiger partial charge in [-0.25, -0.2) is 9.69 Å². The van der Waals surface area contributed by atoms with Gasteiger partial charge >= 0.3 is 6.03 Å². The number of nitrogens with one attached hydrogen (secondary N) is 1. The molecule has 0 aliphatic carbocycles. The van der Waals surface area contributed by atoms with Gasteiger partial charge in [0.1, 0.15) is 12.3 Å². The average molecular weight is 431 g/mol. The van der Waals surface area contributed by atoms with Crippen LogP contribution in [0.25, 0.3) is 6.08 Å². The number of benzene rings is 2. The molecule has 0 radical (unpaired) electrons. The van der Waals surface area contributed by atoms with Crippen LogP contribution in [0.2, 0.25) is 10.0 Å². The second-order valence-corrected chi connectivity index (χ2v) is 6.71. The number of nitrogens with zero attached hydrogens (tertiary/aromatic N) is 1. The molecule has 0 spiro atoms. The SMILES string of the molecule is C#CCOc1c(Cl)cc(/C=C2/NC(=O)N(c3cccc(Cl)c3)C2=O)cc1OCC. The number of terminal acetylenes is 1. The van der Waals surface area contributed by atoms with Crippen LogP contribution in [0.1, 0.15) is 12.5 Å². The van der Waals surface area contributed by atoms with Crippen molar-refractivity contribution < 1.29 is 19.1 Å². The van der Waals surface area contributed by atoms with Crippen molar-refractivity contribution in [3.05, 3.63) is 57.7 Å². The summed E-state index contributed by atoms with van der Waals surface area (Å²) in [6.07, 6.45) is 6.73. The molecule has 0 saturated carbocycles. The molecule has 2 aromatic rings. The minimum Gasteiger partial charge on any atom is -0.490 e. The lowest BCUT2D eigenvalue weighted by atomic mass is 10.1. The monoisotopic (exact) mass is 430 g/mol. The van der Waals surface area contributed by atoms with E-state index in [1.165, 1.54) is 12.1 Å². The molecular formula is C21H16Cl2N2O4. The normalized spacial score (nSPS) is 14.7. The van der Waals surface area contributed by atoms with E-state index in [0.29, 0.717) is 34.4 Å². The first-order valence-corrected chi connectivity index (χ1v) is 9.35. The third kappa shape index (κ3) is 4.48. The summed E-state index contributed by atoms with van der Waals surface area (Å²) >= 11 is 12.3. The van der Waals surface area contributed by atoms with E-state index in [0.717, 1.165) is 4.90 Å². The van der Waals surface area contributed by atoms with Crippen LogP contribution in [-0.2, 0) is 4.79 Å². The number of amides is 3. The van der Waals surface area contributed by atoms with Crippen LogP contribution in [0, 0.1) is 12.3 Å². The molecule has 1 fully saturated rings. The molecule has 1 heterocycles. The van der Waals surface area contributed by atoms with Gasteiger partial charge in [-0.1, -0.05) is 35.2 Å². The Bertz CT molecular complexity index is 1040. The number of imide groups is 1. The fraction of sp³-hybridized carbons (Fsp3) is 0.143. The zero-order valence-electron chi connectivity index (χ0n) is 15.4. The van der Waals surface area contributed by atoms with Crippen LogP contribution in [0.3, 0.4) is 0 Å². The molecule has 2 aromatic carbocycles. The summed E-state index contributed by atoms with van der Waals surface area (Å²) in [4.78, 5) is 26.1. The molecule has 0 atom stereocenters. The van der Waals surface area contributed by atoms with Gasteiger partial charge in [-0.2, -0.15) is 0 Å². The fourth-order valence-corrected chi connectivity index (χ4v) is 3.20. The number of rotatable bonds is 6. The Hall–Kier alpha value is -3.14. The molecular weight excluding hydrogens is 415 g/mol. The van der Waals surface area contributed by atoms with Crippen LogP contribution in [0.4, 0.5) is 10.5 Å². The molecule has 29 heavy (non-hydrogen) atoms. The van der Waals surface area contributed by atoms with Crippen molar-refractivity contribution in [3.8, 4) is 23.8 Å². The van der Waals surface area contributed by atoms with E-state index in [2.05, 4.69) is 11.2 Å². The van der Waals surface area contributed by atoms with Gasteiger partial charge in [0, 0.05) is 5.02 Å². The van der Waals surface area contributed by atoms with E-state index in [1.54, 1.807) is 30.3 Å². The predicted octanol–water partition coefficient (Wildman–Crippen LogP) is 4.50. The summed E-state index contributed by atoms with van der Waals surface area (Å²) in [5, 5.41) is 3.23. The van der Waals surface area contributed by atoms with Gasteiger partial charge in [-0.15, -0.1) is 6.42 Å². The summed E-state index contributed by atoms with van der Waals surface area (Å²) in [7, 11) is 0. The number of urea groups is 1. The Morgan fingerprint density at radius 2 is 2.00 bits per heavy atom. The Balaban J connectivity index is 1.95. The number of halogens is 2. The average Bonchev–Trinajstić information content (AvgIpc) is 2.94. The lowest BCUT2D eigenvalue weighted by molar-refractivity contribution is -0.113. The Morgan fingerprint density at radius 1 is 1.21 bits per heavy atom. The summed E-state index contributed by atoms with van der Waals surface area (Å²) in [5.74, 6) is 2.55. The highest BCUT2D eigenvalue weighted by Gasteiger charge is 2.35. The molecule has 0 aromatic heterocycles. The zero-order valence-corrected chi connectivity index (χ0v) is 16.9. The van der Waals surface area contributed by atoms with Crippen molar-refractivity contribution >= 4 is 46.9 Å². The highest BCUT2D eigenvalue weighted by molar-refractivity contribution is 6.33. The molecule has 0 bridgehead atoms. The molecule has 1 aliphatic rings. The van der Waals surface area contributed by atoms with Gasteiger partial charge in [0.15, 0.2) is 11.5 Å². The molecule has 1 saturated heterocycles. The third-order valence-electron chi connectivity index (χ3n) is 3.89. The van der Waals surface area contributed by atoms with Gasteiger partial charge in [0.05, 0.1) is 17.3 Å². The van der Waals surface area contributed by atoms with Crippen LogP contribution in [0.5, 0.6) is 11.5 Å². The highest BCUT2D eigenvalue weighted by Crippen LogP contribution is 2.37. The first-order valence-electron chi connectivity index (χ1n) is 8.60. The van der Waals surface area contributed by atoms with Gasteiger partial charge in [0.25, 0.3) is 5.91 Å². The Morgan fingerprint density at radius 3 is 2.69 bits per heavy atom. The number of carbonyl (C=O) groups is 2. The molecule has 1 aliphatic heterocycles. The van der Waals surface area contributed by atoms with Gasteiger partial charge in [0.2, 0.25) is 0 Å². The van der Waals surface area contributed by atoms with Crippen LogP contribution < -0.4 is 19.7 Å². The lowest BCUT2D eigenvalue weighted by Gasteiger charge is -2.13. The minimum absolute atomic E-state index is 0.0311. The number of hydrogen-bond donors (Lipinski definition) is 1. The Labute approximate surface area is 178 Å². The van der Waals surface area contributed by atoms with Gasteiger partial charge in [-0.05, 0) is 48.9 Å².